The van der Waals surface area contributed by atoms with Crippen molar-refractivity contribution in [1.29, 1.82) is 0 Å². The van der Waals surface area contributed by atoms with E-state index in [0.29, 0.717) is 16.3 Å². The Morgan fingerprint density at radius 1 is 1.11 bits per heavy atom. The minimum atomic E-state index is -1.17. The Bertz CT molecular complexity index is 1280. The van der Waals surface area contributed by atoms with E-state index in [4.69, 9.17) is 21.1 Å². The number of hydrogen-bond donors (Lipinski definition) is 1. The minimum absolute atomic E-state index is 0.238. The van der Waals surface area contributed by atoms with Crippen LogP contribution in [0.5, 0.6) is 0 Å². The van der Waals surface area contributed by atoms with Gasteiger partial charge in [-0.3, -0.25) is 4.79 Å². The van der Waals surface area contributed by atoms with Crippen molar-refractivity contribution in [3.05, 3.63) is 87.0 Å². The van der Waals surface area contributed by atoms with Crippen LogP contribution in [0.3, 0.4) is 0 Å². The fraction of sp³-hybridized carbons (Fsp3) is 0.321. The number of aromatic nitrogens is 1. The molecule has 0 radical (unpaired) electrons. The Hall–Kier alpha value is -3.16. The molecule has 0 saturated heterocycles. The summed E-state index contributed by atoms with van der Waals surface area (Å²) in [6, 6.07) is 15.2. The van der Waals surface area contributed by atoms with Crippen LogP contribution in [0.2, 0.25) is 5.02 Å². The number of carbonyl (C=O) groups excluding carboxylic acids is 2. The van der Waals surface area contributed by atoms with Gasteiger partial charge in [0.2, 0.25) is 0 Å². The Morgan fingerprint density at radius 2 is 1.83 bits per heavy atom. The first-order chi connectivity index (χ1) is 17.4. The number of thiazole rings is 1. The molecule has 0 saturated carbocycles. The lowest BCUT2D eigenvalue weighted by Crippen LogP contribution is -2.60. The molecule has 8 heteroatoms. The van der Waals surface area contributed by atoms with Crippen LogP contribution in [-0.4, -0.2) is 36.2 Å². The van der Waals surface area contributed by atoms with Gasteiger partial charge < -0.3 is 14.8 Å². The largest absolute Gasteiger partial charge is 0.465 e. The van der Waals surface area contributed by atoms with Gasteiger partial charge in [-0.25, -0.2) is 9.78 Å². The first-order valence-corrected chi connectivity index (χ1v) is 13.2. The molecule has 3 atom stereocenters. The molecule has 1 aromatic heterocycles. The number of hydrogen-bond acceptors (Lipinski definition) is 7. The third-order valence-electron chi connectivity index (χ3n) is 6.52. The molecule has 2 heterocycles. The molecule has 3 aliphatic rings. The lowest BCUT2D eigenvalue weighted by Gasteiger charge is -2.47. The monoisotopic (exact) mass is 524 g/mol. The van der Waals surface area contributed by atoms with E-state index in [1.165, 1.54) is 22.5 Å². The van der Waals surface area contributed by atoms with Crippen LogP contribution in [0.4, 0.5) is 0 Å². The van der Waals surface area contributed by atoms with E-state index in [9.17, 15) is 9.59 Å². The molecule has 0 spiro atoms. The summed E-state index contributed by atoms with van der Waals surface area (Å²) >= 11 is 7.06. The second kappa shape index (κ2) is 10.8. The summed E-state index contributed by atoms with van der Waals surface area (Å²) in [7, 11) is 0. The SMILES string of the molecule is CCOC(=O)C1=C(C)NC(C)C(C(=O)OCC)(c2ccccc2)C1c1nccs1.Clc1ccc2cc1-2. The van der Waals surface area contributed by atoms with Gasteiger partial charge in [-0.15, -0.1) is 11.3 Å². The van der Waals surface area contributed by atoms with E-state index in [0.717, 1.165) is 10.6 Å². The standard InChI is InChI=1S/C22H26N2O4S.C6H3Cl/c1-5-27-20(25)17-14(3)24-15(4)22(21(26)28-6-2,16-10-8-7-9-11-16)18(17)19-23-12-13-29-19;7-6-2-1-4-3-5(4)6/h7-13,15,18,24H,5-6H2,1-4H3;1-3H. The average Bonchev–Trinajstić information content (AvgIpc) is 3.26. The van der Waals surface area contributed by atoms with Crippen molar-refractivity contribution in [2.75, 3.05) is 13.2 Å². The van der Waals surface area contributed by atoms with Crippen LogP contribution < -0.4 is 5.32 Å². The Balaban J connectivity index is 0.000000367. The van der Waals surface area contributed by atoms with Crippen molar-refractivity contribution in [3.63, 3.8) is 0 Å². The molecule has 1 aliphatic heterocycles. The second-order valence-electron chi connectivity index (χ2n) is 8.58. The zero-order chi connectivity index (χ0) is 25.9. The van der Waals surface area contributed by atoms with E-state index in [2.05, 4.69) is 16.4 Å². The quantitative estimate of drug-likeness (QED) is 0.317. The highest BCUT2D eigenvalue weighted by molar-refractivity contribution is 7.09. The number of halogens is 1. The molecular weight excluding hydrogens is 496 g/mol. The molecule has 2 aromatic rings. The fourth-order valence-electron chi connectivity index (χ4n) is 4.90. The van der Waals surface area contributed by atoms with Crippen molar-refractivity contribution in [1.82, 2.24) is 10.3 Å². The van der Waals surface area contributed by atoms with Crippen LogP contribution >= 0.6 is 22.9 Å². The fourth-order valence-corrected chi connectivity index (χ4v) is 5.95. The molecular formula is C28H29ClN2O4S. The third-order valence-corrected chi connectivity index (χ3v) is 7.69. The normalized spacial score (nSPS) is 21.6. The summed E-state index contributed by atoms with van der Waals surface area (Å²) in [6.45, 7) is 7.80. The van der Waals surface area contributed by atoms with Crippen LogP contribution in [0.15, 0.2) is 71.4 Å². The lowest BCUT2D eigenvalue weighted by molar-refractivity contribution is -0.153. The number of allylic oxidation sites excluding steroid dienone is 1. The van der Waals surface area contributed by atoms with Gasteiger partial charge in [0, 0.05) is 33.9 Å². The van der Waals surface area contributed by atoms with Crippen molar-refractivity contribution in [2.24, 2.45) is 0 Å². The van der Waals surface area contributed by atoms with Crippen LogP contribution in [0.1, 0.15) is 44.2 Å². The highest BCUT2D eigenvalue weighted by Crippen LogP contribution is 2.51. The number of carbonyl (C=O) groups is 2. The summed E-state index contributed by atoms with van der Waals surface area (Å²) < 4.78 is 11.0. The Morgan fingerprint density at radius 3 is 2.33 bits per heavy atom. The summed E-state index contributed by atoms with van der Waals surface area (Å²) in [5, 5.41) is 6.77. The molecule has 2 aliphatic carbocycles. The van der Waals surface area contributed by atoms with Gasteiger partial charge in [0.25, 0.3) is 0 Å². The zero-order valence-corrected chi connectivity index (χ0v) is 22.3. The molecule has 36 heavy (non-hydrogen) atoms. The molecule has 1 N–H and O–H groups in total. The van der Waals surface area contributed by atoms with Crippen molar-refractivity contribution >= 4 is 34.9 Å². The molecule has 0 bridgehead atoms. The number of rotatable bonds is 6. The molecule has 3 unspecified atom stereocenters. The van der Waals surface area contributed by atoms with Gasteiger partial charge in [0.15, 0.2) is 0 Å². The highest BCUT2D eigenvalue weighted by atomic mass is 35.5. The summed E-state index contributed by atoms with van der Waals surface area (Å²) in [4.78, 5) is 31.1. The number of nitrogens with zero attached hydrogens (tertiary/aromatic N) is 1. The van der Waals surface area contributed by atoms with Crippen LogP contribution in [0, 0.1) is 0 Å². The lowest BCUT2D eigenvalue weighted by atomic mass is 9.61. The number of nitrogens with one attached hydrogen (secondary N) is 1. The van der Waals surface area contributed by atoms with Gasteiger partial charge >= 0.3 is 11.9 Å². The van der Waals surface area contributed by atoms with E-state index >= 15 is 0 Å². The predicted octanol–water partition coefficient (Wildman–Crippen LogP) is 5.88. The first kappa shape index (κ1) is 25.9. The maximum atomic E-state index is 13.6. The summed E-state index contributed by atoms with van der Waals surface area (Å²) in [5.41, 5.74) is 3.25. The van der Waals surface area contributed by atoms with E-state index in [-0.39, 0.29) is 25.2 Å². The Kier molecular flexibility index (Phi) is 7.81. The molecule has 6 nitrogen and oxygen atoms in total. The number of esters is 2. The van der Waals surface area contributed by atoms with Crippen LogP contribution in [-0.2, 0) is 24.5 Å². The summed E-state index contributed by atoms with van der Waals surface area (Å²) in [6.07, 6.45) is 1.69. The summed E-state index contributed by atoms with van der Waals surface area (Å²) in [5.74, 6) is -1.46. The molecule has 1 aromatic carbocycles. The van der Waals surface area contributed by atoms with Gasteiger partial charge in [0.1, 0.15) is 10.4 Å². The molecule has 0 amide bonds. The Labute approximate surface area is 220 Å². The maximum absolute atomic E-state index is 13.6. The third kappa shape index (κ3) is 4.65. The second-order valence-corrected chi connectivity index (χ2v) is 9.91. The van der Waals surface area contributed by atoms with Crippen LogP contribution in [0.25, 0.3) is 11.1 Å². The number of benzene rings is 2. The molecule has 0 fully saturated rings. The highest BCUT2D eigenvalue weighted by Gasteiger charge is 2.59. The van der Waals surface area contributed by atoms with Gasteiger partial charge in [-0.05, 0) is 51.0 Å². The maximum Gasteiger partial charge on any atom is 0.336 e. The zero-order valence-electron chi connectivity index (χ0n) is 20.7. The van der Waals surface area contributed by atoms with Gasteiger partial charge in [-0.1, -0.05) is 48.0 Å². The van der Waals surface area contributed by atoms with E-state index < -0.39 is 17.3 Å². The van der Waals surface area contributed by atoms with Crippen molar-refractivity contribution in [3.8, 4) is 11.1 Å². The van der Waals surface area contributed by atoms with Gasteiger partial charge in [0.05, 0.1) is 24.7 Å². The van der Waals surface area contributed by atoms with Crippen molar-refractivity contribution < 1.29 is 19.1 Å². The number of fused-ring (bicyclic) bond motifs is 1. The van der Waals surface area contributed by atoms with E-state index in [1.54, 1.807) is 20.0 Å². The molecule has 188 valence electrons. The number of ether oxygens (including phenoxy) is 2. The van der Waals surface area contributed by atoms with E-state index in [1.807, 2.05) is 61.7 Å². The topological polar surface area (TPSA) is 77.5 Å². The molecule has 5 rings (SSSR count). The first-order valence-electron chi connectivity index (χ1n) is 11.9. The smallest absolute Gasteiger partial charge is 0.336 e. The predicted molar refractivity (Wildman–Crippen MR) is 142 cm³/mol. The van der Waals surface area contributed by atoms with Gasteiger partial charge in [-0.2, -0.15) is 0 Å². The van der Waals surface area contributed by atoms with Crippen molar-refractivity contribution in [2.45, 2.75) is 45.1 Å². The minimum Gasteiger partial charge on any atom is -0.465 e. The average molecular weight is 525 g/mol.